The van der Waals surface area contributed by atoms with Gasteiger partial charge in [-0.05, 0) is 12.1 Å². The van der Waals surface area contributed by atoms with Gasteiger partial charge in [-0.25, -0.2) is 0 Å². The Balaban J connectivity index is 0. The van der Waals surface area contributed by atoms with E-state index in [1.54, 1.807) is 0 Å². The van der Waals surface area contributed by atoms with Crippen LogP contribution in [0.3, 0.4) is 0 Å². The zero-order chi connectivity index (χ0) is 7.98. The van der Waals surface area contributed by atoms with Gasteiger partial charge in [-0.1, -0.05) is 5.16 Å². The molecule has 0 saturated heterocycles. The predicted octanol–water partition coefficient (Wildman–Crippen LogP) is 0.00890. The summed E-state index contributed by atoms with van der Waals surface area (Å²) >= 11 is 0. The van der Waals surface area contributed by atoms with Gasteiger partial charge in [0.2, 0.25) is 0 Å². The Hall–Kier alpha value is -1.14. The maximum atomic E-state index is 12.2. The third-order valence-corrected chi connectivity index (χ3v) is 0.641. The number of nitrogens with zero attached hydrogens (tertiary/aromatic N) is 2. The van der Waals surface area contributed by atoms with Crippen LogP contribution in [0.4, 0.5) is 8.92 Å². The quantitative estimate of drug-likeness (QED) is 0.336. The SMILES string of the molecule is B.CON=C(C)C(F)=NOF. The second-order valence-corrected chi connectivity index (χ2v) is 1.31. The maximum Gasteiger partial charge on any atom is 0.278 e. The van der Waals surface area contributed by atoms with Gasteiger partial charge in [0, 0.05) is 4.53 Å². The van der Waals surface area contributed by atoms with E-state index in [9.17, 15) is 8.92 Å². The number of oxime groups is 2. The van der Waals surface area contributed by atoms with E-state index in [1.807, 2.05) is 0 Å². The molecular formula is C4H9BF2N2O2. The Kier molecular flexibility index (Phi) is 7.95. The highest BCUT2D eigenvalue weighted by Crippen LogP contribution is 1.89. The Morgan fingerprint density at radius 2 is 1.91 bits per heavy atom. The van der Waals surface area contributed by atoms with E-state index in [2.05, 4.69) is 20.2 Å². The zero-order valence-electron chi connectivity index (χ0n) is 5.47. The van der Waals surface area contributed by atoms with Crippen LogP contribution in [0.25, 0.3) is 0 Å². The van der Waals surface area contributed by atoms with Gasteiger partial charge in [-0.15, -0.1) is 0 Å². The fraction of sp³-hybridized carbons (Fsp3) is 0.500. The third-order valence-electron chi connectivity index (χ3n) is 0.641. The molecule has 0 spiro atoms. The third kappa shape index (κ3) is 5.32. The summed E-state index contributed by atoms with van der Waals surface area (Å²) in [7, 11) is 1.23. The molecule has 0 unspecified atom stereocenters. The van der Waals surface area contributed by atoms with Crippen molar-refractivity contribution in [2.45, 2.75) is 6.92 Å². The van der Waals surface area contributed by atoms with Gasteiger partial charge in [0.25, 0.3) is 5.97 Å². The molecule has 0 aromatic rings. The van der Waals surface area contributed by atoms with Crippen LogP contribution in [-0.2, 0) is 9.88 Å². The van der Waals surface area contributed by atoms with Crippen molar-refractivity contribution in [1.29, 1.82) is 0 Å². The lowest BCUT2D eigenvalue weighted by Gasteiger charge is -1.90. The van der Waals surface area contributed by atoms with Crippen LogP contribution < -0.4 is 0 Å². The first-order valence-electron chi connectivity index (χ1n) is 2.31. The highest BCUT2D eigenvalue weighted by molar-refractivity contribution is 6.37. The van der Waals surface area contributed by atoms with Gasteiger partial charge in [0.15, 0.2) is 0 Å². The molecule has 0 heterocycles. The molecule has 0 rings (SSSR count). The van der Waals surface area contributed by atoms with Gasteiger partial charge >= 0.3 is 0 Å². The second-order valence-electron chi connectivity index (χ2n) is 1.31. The zero-order valence-corrected chi connectivity index (χ0v) is 5.47. The Morgan fingerprint density at radius 1 is 1.36 bits per heavy atom. The maximum absolute atomic E-state index is 12.2. The minimum absolute atomic E-state index is 0. The van der Waals surface area contributed by atoms with Crippen LogP contribution in [0.1, 0.15) is 6.92 Å². The molecule has 0 atom stereocenters. The number of rotatable bonds is 3. The molecule has 11 heavy (non-hydrogen) atoms. The van der Waals surface area contributed by atoms with Gasteiger partial charge < -0.3 is 4.84 Å². The minimum Gasteiger partial charge on any atom is -0.399 e. The molecule has 64 valence electrons. The van der Waals surface area contributed by atoms with E-state index in [4.69, 9.17) is 0 Å². The summed E-state index contributed by atoms with van der Waals surface area (Å²) in [6.45, 7) is 1.25. The molecule has 7 heteroatoms. The Labute approximate surface area is 64.3 Å². The molecule has 0 saturated carbocycles. The van der Waals surface area contributed by atoms with Gasteiger partial charge in [-0.2, -0.15) is 9.43 Å². The molecule has 0 fully saturated rings. The normalized spacial score (nSPS) is 12.0. The van der Waals surface area contributed by atoms with Crippen molar-refractivity contribution in [1.82, 2.24) is 0 Å². The van der Waals surface area contributed by atoms with Crippen molar-refractivity contribution in [2.75, 3.05) is 7.11 Å². The lowest BCUT2D eigenvalue weighted by molar-refractivity contribution is -0.131. The molecule has 0 radical (unpaired) electrons. The molecular weight excluding hydrogens is 157 g/mol. The highest BCUT2D eigenvalue weighted by atomic mass is 19.3. The summed E-state index contributed by atoms with van der Waals surface area (Å²) in [5.41, 5.74) is -0.194. The fourth-order valence-corrected chi connectivity index (χ4v) is 0.271. The Morgan fingerprint density at radius 3 is 2.27 bits per heavy atom. The van der Waals surface area contributed by atoms with Gasteiger partial charge in [0.05, 0.1) is 8.41 Å². The van der Waals surface area contributed by atoms with E-state index in [0.29, 0.717) is 0 Å². The topological polar surface area (TPSA) is 43.2 Å². The average Bonchev–Trinajstić information content (AvgIpc) is 1.89. The smallest absolute Gasteiger partial charge is 0.278 e. The van der Waals surface area contributed by atoms with Crippen molar-refractivity contribution in [3.63, 3.8) is 0 Å². The molecule has 0 aromatic heterocycles. The van der Waals surface area contributed by atoms with Crippen molar-refractivity contribution in [3.05, 3.63) is 0 Å². The monoisotopic (exact) mass is 166 g/mol. The van der Waals surface area contributed by atoms with Crippen molar-refractivity contribution in [2.24, 2.45) is 10.3 Å². The van der Waals surface area contributed by atoms with E-state index >= 15 is 0 Å². The van der Waals surface area contributed by atoms with Crippen LogP contribution in [0, 0.1) is 0 Å². The molecule has 0 aliphatic heterocycles. The lowest BCUT2D eigenvalue weighted by Crippen LogP contribution is -2.03. The van der Waals surface area contributed by atoms with E-state index in [0.717, 1.165) is 0 Å². The first-order valence-corrected chi connectivity index (χ1v) is 2.31. The second kappa shape index (κ2) is 6.98. The summed E-state index contributed by atoms with van der Waals surface area (Å²) in [4.78, 5) is 4.16. The highest BCUT2D eigenvalue weighted by Gasteiger charge is 2.02. The van der Waals surface area contributed by atoms with Crippen molar-refractivity contribution >= 4 is 20.1 Å². The molecule has 0 amide bonds. The van der Waals surface area contributed by atoms with Crippen LogP contribution in [0.5, 0.6) is 0 Å². The summed E-state index contributed by atoms with van der Waals surface area (Å²) in [6, 6.07) is 0. The van der Waals surface area contributed by atoms with E-state index in [1.165, 1.54) is 14.0 Å². The molecule has 0 aliphatic rings. The van der Waals surface area contributed by atoms with E-state index < -0.39 is 5.97 Å². The first-order chi connectivity index (χ1) is 4.72. The fourth-order valence-electron chi connectivity index (χ4n) is 0.271. The molecule has 0 aromatic carbocycles. The predicted molar refractivity (Wildman–Crippen MR) is 40.8 cm³/mol. The number of hydrogen-bond donors (Lipinski definition) is 0. The summed E-state index contributed by atoms with van der Waals surface area (Å²) in [6.07, 6.45) is 0. The Bertz CT molecular complexity index is 144. The van der Waals surface area contributed by atoms with Crippen LogP contribution >= 0.6 is 0 Å². The molecule has 4 nitrogen and oxygen atoms in total. The lowest BCUT2D eigenvalue weighted by atomic mass is 10.5. The first kappa shape index (κ1) is 12.5. The van der Waals surface area contributed by atoms with Gasteiger partial charge in [-0.3, -0.25) is 0 Å². The van der Waals surface area contributed by atoms with E-state index in [-0.39, 0.29) is 14.1 Å². The standard InChI is InChI=1S/C4H6F2N2O2.BH3/c1-3(7-9-2)4(5)8-10-6;/h1-2H3;1H3. The van der Waals surface area contributed by atoms with Crippen molar-refractivity contribution in [3.8, 4) is 0 Å². The summed E-state index contributed by atoms with van der Waals surface area (Å²) < 4.78 is 23.0. The number of hydrogen-bond acceptors (Lipinski definition) is 4. The molecule has 0 bridgehead atoms. The molecule has 0 N–H and O–H groups in total. The largest absolute Gasteiger partial charge is 0.399 e. The van der Waals surface area contributed by atoms with Crippen LogP contribution in [0.15, 0.2) is 10.3 Å². The van der Waals surface area contributed by atoms with Crippen molar-refractivity contribution < 1.29 is 18.8 Å². The summed E-state index contributed by atoms with van der Waals surface area (Å²) in [5.74, 6) is -1.16. The number of halogens is 2. The van der Waals surface area contributed by atoms with Crippen LogP contribution in [-0.4, -0.2) is 27.2 Å². The minimum atomic E-state index is -1.16. The van der Waals surface area contributed by atoms with Gasteiger partial charge in [0.1, 0.15) is 12.8 Å². The average molecular weight is 166 g/mol. The molecule has 0 aliphatic carbocycles. The van der Waals surface area contributed by atoms with Crippen LogP contribution in [0.2, 0.25) is 0 Å². The summed E-state index contributed by atoms with van der Waals surface area (Å²) in [5, 5.41) is 8.07.